The van der Waals surface area contributed by atoms with Gasteiger partial charge in [-0.05, 0) is 65.4 Å². The summed E-state index contributed by atoms with van der Waals surface area (Å²) in [5, 5.41) is 0. The van der Waals surface area contributed by atoms with Crippen LogP contribution < -0.4 is 10.3 Å². The third-order valence-electron chi connectivity index (χ3n) is 4.88. The molecule has 1 heterocycles. The summed E-state index contributed by atoms with van der Waals surface area (Å²) in [6, 6.07) is 11.1. The Hall–Kier alpha value is -2.08. The molecule has 0 spiro atoms. The van der Waals surface area contributed by atoms with E-state index in [2.05, 4.69) is 22.9 Å². The van der Waals surface area contributed by atoms with Gasteiger partial charge in [-0.1, -0.05) is 12.1 Å². The summed E-state index contributed by atoms with van der Waals surface area (Å²) >= 11 is 3.36. The number of carbonyl (C=O) groups is 1. The zero-order valence-electron chi connectivity index (χ0n) is 15.0. The van der Waals surface area contributed by atoms with Gasteiger partial charge in [0.05, 0.1) is 7.11 Å². The van der Waals surface area contributed by atoms with Crippen LogP contribution in [0.2, 0.25) is 0 Å². The molecule has 0 radical (unpaired) electrons. The van der Waals surface area contributed by atoms with Crippen LogP contribution >= 0.6 is 15.9 Å². The van der Waals surface area contributed by atoms with Gasteiger partial charge in [-0.2, -0.15) is 0 Å². The Balaban J connectivity index is 1.79. The van der Waals surface area contributed by atoms with Crippen molar-refractivity contribution in [2.75, 3.05) is 7.11 Å². The minimum Gasteiger partial charge on any atom is -0.497 e. The number of rotatable bonds is 7. The van der Waals surface area contributed by atoms with Crippen molar-refractivity contribution in [2.24, 2.45) is 5.92 Å². The van der Waals surface area contributed by atoms with Crippen LogP contribution in [-0.4, -0.2) is 28.5 Å². The average molecular weight is 419 g/mol. The highest BCUT2D eigenvalue weighted by Gasteiger charge is 2.34. The van der Waals surface area contributed by atoms with Crippen LogP contribution in [0.25, 0.3) is 0 Å². The molecule has 0 aliphatic heterocycles. The summed E-state index contributed by atoms with van der Waals surface area (Å²) in [5.41, 5.74) is 0.873. The third kappa shape index (κ3) is 4.55. The average Bonchev–Trinajstić information content (AvgIpc) is 3.48. The molecule has 1 atom stereocenters. The summed E-state index contributed by atoms with van der Waals surface area (Å²) in [6.07, 6.45) is 3.97. The summed E-state index contributed by atoms with van der Waals surface area (Å²) in [7, 11) is 1.63. The molecule has 1 aromatic carbocycles. The zero-order valence-corrected chi connectivity index (χ0v) is 16.6. The van der Waals surface area contributed by atoms with E-state index < -0.39 is 0 Å². The highest BCUT2D eigenvalue weighted by Crippen LogP contribution is 2.35. The molecule has 1 saturated carbocycles. The topological polar surface area (TPSA) is 51.5 Å². The van der Waals surface area contributed by atoms with Gasteiger partial charge >= 0.3 is 0 Å². The number of hydrogen-bond donors (Lipinski definition) is 0. The van der Waals surface area contributed by atoms with Crippen molar-refractivity contribution in [3.05, 3.63) is 63.0 Å². The molecule has 1 aliphatic rings. The molecule has 0 N–H and O–H groups in total. The van der Waals surface area contributed by atoms with E-state index in [4.69, 9.17) is 4.74 Å². The molecule has 1 unspecified atom stereocenters. The van der Waals surface area contributed by atoms with Crippen molar-refractivity contribution >= 4 is 21.8 Å². The van der Waals surface area contributed by atoms with E-state index in [1.54, 1.807) is 19.4 Å². The quantitative estimate of drug-likeness (QED) is 0.691. The molecule has 26 heavy (non-hydrogen) atoms. The van der Waals surface area contributed by atoms with Gasteiger partial charge in [0.25, 0.3) is 5.56 Å². The van der Waals surface area contributed by atoms with Gasteiger partial charge in [0.2, 0.25) is 5.91 Å². The normalized spacial score (nSPS) is 14.7. The summed E-state index contributed by atoms with van der Waals surface area (Å²) in [5.74, 6) is 1.31. The maximum atomic E-state index is 13.0. The minimum atomic E-state index is -0.176. The number of hydrogen-bond acceptors (Lipinski definition) is 3. The number of benzene rings is 1. The fourth-order valence-corrected chi connectivity index (χ4v) is 3.46. The summed E-state index contributed by atoms with van der Waals surface area (Å²) in [6.45, 7) is 2.68. The SMILES string of the molecule is COc1ccc(CN(C(=O)Cn2cc(Br)ccc2=O)C(C)C2CC2)cc1. The second-order valence-electron chi connectivity index (χ2n) is 6.76. The van der Waals surface area contributed by atoms with Gasteiger partial charge in [-0.3, -0.25) is 9.59 Å². The summed E-state index contributed by atoms with van der Waals surface area (Å²) < 4.78 is 7.43. The van der Waals surface area contributed by atoms with E-state index in [0.717, 1.165) is 28.6 Å². The fraction of sp³-hybridized carbons (Fsp3) is 0.400. The second-order valence-corrected chi connectivity index (χ2v) is 7.68. The molecule has 3 rings (SSSR count). The van der Waals surface area contributed by atoms with Crippen LogP contribution in [-0.2, 0) is 17.9 Å². The molecule has 0 saturated heterocycles. The zero-order chi connectivity index (χ0) is 18.7. The Bertz CT molecular complexity index is 828. The van der Waals surface area contributed by atoms with Crippen LogP contribution in [0.4, 0.5) is 0 Å². The van der Waals surface area contributed by atoms with E-state index in [1.807, 2.05) is 29.2 Å². The predicted molar refractivity (Wildman–Crippen MR) is 104 cm³/mol. The van der Waals surface area contributed by atoms with Crippen molar-refractivity contribution in [1.82, 2.24) is 9.47 Å². The largest absolute Gasteiger partial charge is 0.497 e. The molecule has 0 bridgehead atoms. The standard InChI is InChI=1S/C20H23BrN2O3/c1-14(16-5-6-16)23(11-15-3-8-18(26-2)9-4-15)20(25)13-22-12-17(21)7-10-19(22)24/h3-4,7-10,12,14,16H,5-6,11,13H2,1-2H3. The number of ether oxygens (including phenoxy) is 1. The van der Waals surface area contributed by atoms with Crippen molar-refractivity contribution in [3.63, 3.8) is 0 Å². The Morgan fingerprint density at radius 2 is 1.96 bits per heavy atom. The number of nitrogens with zero attached hydrogens (tertiary/aromatic N) is 2. The number of aromatic nitrogens is 1. The van der Waals surface area contributed by atoms with Crippen molar-refractivity contribution in [2.45, 2.75) is 38.9 Å². The van der Waals surface area contributed by atoms with E-state index in [1.165, 1.54) is 10.6 Å². The smallest absolute Gasteiger partial charge is 0.251 e. The Labute approximate surface area is 161 Å². The lowest BCUT2D eigenvalue weighted by Gasteiger charge is -2.30. The molecular formula is C20H23BrN2O3. The predicted octanol–water partition coefficient (Wildman–Crippen LogP) is 3.45. The monoisotopic (exact) mass is 418 g/mol. The van der Waals surface area contributed by atoms with E-state index >= 15 is 0 Å². The van der Waals surface area contributed by atoms with E-state index in [0.29, 0.717) is 12.5 Å². The number of halogens is 1. The molecule has 1 amide bonds. The lowest BCUT2D eigenvalue weighted by molar-refractivity contribution is -0.135. The van der Waals surface area contributed by atoms with Gasteiger partial charge in [-0.25, -0.2) is 0 Å². The summed E-state index contributed by atoms with van der Waals surface area (Å²) in [4.78, 5) is 26.9. The lowest BCUT2D eigenvalue weighted by atomic mass is 10.1. The van der Waals surface area contributed by atoms with Gasteiger partial charge < -0.3 is 14.2 Å². The number of carbonyl (C=O) groups excluding carboxylic acids is 1. The van der Waals surface area contributed by atoms with Crippen molar-refractivity contribution < 1.29 is 9.53 Å². The van der Waals surface area contributed by atoms with Gasteiger partial charge in [0.15, 0.2) is 0 Å². The second kappa shape index (κ2) is 8.08. The van der Waals surface area contributed by atoms with Crippen LogP contribution in [0.3, 0.4) is 0 Å². The van der Waals surface area contributed by atoms with Crippen LogP contribution in [0.5, 0.6) is 5.75 Å². The van der Waals surface area contributed by atoms with Crippen molar-refractivity contribution in [1.29, 1.82) is 0 Å². The molecule has 6 heteroatoms. The van der Waals surface area contributed by atoms with Crippen LogP contribution in [0, 0.1) is 5.92 Å². The highest BCUT2D eigenvalue weighted by atomic mass is 79.9. The molecule has 1 fully saturated rings. The van der Waals surface area contributed by atoms with Gasteiger partial charge in [0.1, 0.15) is 12.3 Å². The first-order valence-corrected chi connectivity index (χ1v) is 9.55. The van der Waals surface area contributed by atoms with Gasteiger partial charge in [-0.15, -0.1) is 0 Å². The number of pyridine rings is 1. The lowest BCUT2D eigenvalue weighted by Crippen LogP contribution is -2.42. The van der Waals surface area contributed by atoms with E-state index in [-0.39, 0.29) is 24.1 Å². The third-order valence-corrected chi connectivity index (χ3v) is 5.35. The first-order valence-electron chi connectivity index (χ1n) is 8.76. The maximum absolute atomic E-state index is 13.0. The van der Waals surface area contributed by atoms with Crippen molar-refractivity contribution in [3.8, 4) is 5.75 Å². The van der Waals surface area contributed by atoms with Crippen LogP contribution in [0.15, 0.2) is 51.9 Å². The number of methoxy groups -OCH3 is 1. The molecular weight excluding hydrogens is 396 g/mol. The molecule has 138 valence electrons. The fourth-order valence-electron chi connectivity index (χ4n) is 3.08. The first-order chi connectivity index (χ1) is 12.5. The Morgan fingerprint density at radius 3 is 2.58 bits per heavy atom. The minimum absolute atomic E-state index is 0.0413. The Morgan fingerprint density at radius 1 is 1.27 bits per heavy atom. The molecule has 2 aromatic rings. The maximum Gasteiger partial charge on any atom is 0.251 e. The number of amides is 1. The molecule has 5 nitrogen and oxygen atoms in total. The highest BCUT2D eigenvalue weighted by molar-refractivity contribution is 9.10. The first kappa shape index (κ1) is 18.7. The Kier molecular flexibility index (Phi) is 5.81. The van der Waals surface area contributed by atoms with Gasteiger partial charge in [0, 0.05) is 29.3 Å². The van der Waals surface area contributed by atoms with Crippen LogP contribution in [0.1, 0.15) is 25.3 Å². The molecule has 1 aliphatic carbocycles. The molecule has 1 aromatic heterocycles. The van der Waals surface area contributed by atoms with E-state index in [9.17, 15) is 9.59 Å².